The van der Waals surface area contributed by atoms with Gasteiger partial charge in [-0.1, -0.05) is 0 Å². The molecule has 2 fully saturated rings. The van der Waals surface area contributed by atoms with Crippen LogP contribution in [0.5, 0.6) is 0 Å². The second kappa shape index (κ2) is 7.35. The molecule has 0 aliphatic carbocycles. The lowest BCUT2D eigenvalue weighted by Gasteiger charge is -2.33. The Morgan fingerprint density at radius 3 is 2.86 bits per heavy atom. The lowest BCUT2D eigenvalue weighted by molar-refractivity contribution is 0.122. The summed E-state index contributed by atoms with van der Waals surface area (Å²) in [7, 11) is 0. The maximum Gasteiger partial charge on any atom is 0.132 e. The number of aromatic nitrogens is 2. The van der Waals surface area contributed by atoms with Gasteiger partial charge < -0.3 is 19.6 Å². The minimum atomic E-state index is 0.231. The molecule has 3 heterocycles. The van der Waals surface area contributed by atoms with E-state index in [9.17, 15) is 0 Å². The molecule has 0 radical (unpaired) electrons. The molecular formula is C16H26N4O2. The fourth-order valence-corrected chi connectivity index (χ4v) is 3.38. The lowest BCUT2D eigenvalue weighted by Crippen LogP contribution is -2.38. The number of aliphatic hydroxyl groups is 1. The van der Waals surface area contributed by atoms with E-state index < -0.39 is 0 Å². The zero-order valence-electron chi connectivity index (χ0n) is 13.4. The Morgan fingerprint density at radius 2 is 2.09 bits per heavy atom. The van der Waals surface area contributed by atoms with E-state index in [1.54, 1.807) is 0 Å². The predicted octanol–water partition coefficient (Wildman–Crippen LogP) is 0.793. The Bertz CT molecular complexity index is 489. The molecule has 1 aromatic heterocycles. The minimum absolute atomic E-state index is 0.231. The molecule has 2 aliphatic heterocycles. The first-order chi connectivity index (χ1) is 10.8. The van der Waals surface area contributed by atoms with Crippen LogP contribution in [0.15, 0.2) is 6.07 Å². The van der Waals surface area contributed by atoms with Crippen LogP contribution >= 0.6 is 0 Å². The minimum Gasteiger partial charge on any atom is -0.395 e. The van der Waals surface area contributed by atoms with Gasteiger partial charge in [0, 0.05) is 38.2 Å². The Labute approximate surface area is 132 Å². The van der Waals surface area contributed by atoms with Gasteiger partial charge >= 0.3 is 0 Å². The van der Waals surface area contributed by atoms with Crippen molar-refractivity contribution in [3.05, 3.63) is 17.6 Å². The molecule has 2 saturated heterocycles. The first kappa shape index (κ1) is 15.6. The summed E-state index contributed by atoms with van der Waals surface area (Å²) in [6.07, 6.45) is 2.33. The summed E-state index contributed by atoms with van der Waals surface area (Å²) >= 11 is 0. The Hall–Kier alpha value is -1.24. The standard InChI is InChI=1S/C16H26N4O2/c1-13-17-15(14-3-2-4-19(12-14)5-8-21)11-16(18-13)20-6-9-22-10-7-20/h11,14,21H,2-10,12H2,1H3/t14-/m0/s1. The van der Waals surface area contributed by atoms with Gasteiger partial charge in [0.1, 0.15) is 11.6 Å². The average Bonchev–Trinajstić information content (AvgIpc) is 2.56. The molecule has 0 spiro atoms. The normalized spacial score (nSPS) is 23.7. The number of anilines is 1. The molecule has 0 amide bonds. The molecule has 0 bridgehead atoms. The van der Waals surface area contributed by atoms with E-state index in [1.165, 1.54) is 12.8 Å². The number of rotatable bonds is 4. The molecule has 1 atom stereocenters. The quantitative estimate of drug-likeness (QED) is 0.887. The summed E-state index contributed by atoms with van der Waals surface area (Å²) in [4.78, 5) is 13.9. The zero-order chi connectivity index (χ0) is 15.4. The van der Waals surface area contributed by atoms with E-state index in [1.807, 2.05) is 6.92 Å². The summed E-state index contributed by atoms with van der Waals surface area (Å²) in [5.41, 5.74) is 1.15. The van der Waals surface area contributed by atoms with Crippen molar-refractivity contribution in [1.29, 1.82) is 0 Å². The third-order valence-corrected chi connectivity index (χ3v) is 4.52. The number of β-amino-alcohol motifs (C(OH)–C–C–N with tert-alkyl or cyclic N) is 1. The highest BCUT2D eigenvalue weighted by Gasteiger charge is 2.24. The number of aliphatic hydroxyl groups excluding tert-OH is 1. The summed E-state index contributed by atoms with van der Waals surface area (Å²) in [6.45, 7) is 8.37. The van der Waals surface area contributed by atoms with Crippen LogP contribution < -0.4 is 4.90 Å². The summed E-state index contributed by atoms with van der Waals surface area (Å²) in [5, 5.41) is 9.15. The van der Waals surface area contributed by atoms with E-state index >= 15 is 0 Å². The number of piperidine rings is 1. The number of ether oxygens (including phenoxy) is 1. The number of hydrogen-bond acceptors (Lipinski definition) is 6. The molecule has 22 heavy (non-hydrogen) atoms. The van der Waals surface area contributed by atoms with E-state index in [-0.39, 0.29) is 6.61 Å². The Kier molecular flexibility index (Phi) is 5.23. The second-order valence-corrected chi connectivity index (χ2v) is 6.16. The second-order valence-electron chi connectivity index (χ2n) is 6.16. The monoisotopic (exact) mass is 306 g/mol. The predicted molar refractivity (Wildman–Crippen MR) is 85.3 cm³/mol. The SMILES string of the molecule is Cc1nc([C@H]2CCCN(CCO)C2)cc(N2CCOCC2)n1. The van der Waals surface area contributed by atoms with Crippen LogP contribution in [-0.2, 0) is 4.74 Å². The zero-order valence-corrected chi connectivity index (χ0v) is 13.4. The molecule has 122 valence electrons. The summed E-state index contributed by atoms with van der Waals surface area (Å²) < 4.78 is 5.42. The van der Waals surface area contributed by atoms with Crippen molar-refractivity contribution in [2.75, 3.05) is 57.4 Å². The number of likely N-dealkylation sites (tertiary alicyclic amines) is 1. The van der Waals surface area contributed by atoms with Gasteiger partial charge in [-0.25, -0.2) is 9.97 Å². The van der Waals surface area contributed by atoms with Crippen LogP contribution in [0.3, 0.4) is 0 Å². The van der Waals surface area contributed by atoms with Gasteiger partial charge in [0.05, 0.1) is 25.5 Å². The molecule has 6 nitrogen and oxygen atoms in total. The first-order valence-corrected chi connectivity index (χ1v) is 8.28. The van der Waals surface area contributed by atoms with Crippen molar-refractivity contribution in [2.45, 2.75) is 25.7 Å². The number of nitrogens with zero attached hydrogens (tertiary/aromatic N) is 4. The van der Waals surface area contributed by atoms with Crippen molar-refractivity contribution in [3.8, 4) is 0 Å². The van der Waals surface area contributed by atoms with Gasteiger partial charge in [0.15, 0.2) is 0 Å². The third kappa shape index (κ3) is 3.74. The van der Waals surface area contributed by atoms with Gasteiger partial charge in [0.25, 0.3) is 0 Å². The fourth-order valence-electron chi connectivity index (χ4n) is 3.38. The summed E-state index contributed by atoms with van der Waals surface area (Å²) in [6, 6.07) is 2.16. The number of hydrogen-bond donors (Lipinski definition) is 1. The first-order valence-electron chi connectivity index (χ1n) is 8.28. The lowest BCUT2D eigenvalue weighted by atomic mass is 9.94. The van der Waals surface area contributed by atoms with Crippen molar-refractivity contribution < 1.29 is 9.84 Å². The Balaban J connectivity index is 1.76. The van der Waals surface area contributed by atoms with E-state index in [0.29, 0.717) is 5.92 Å². The molecule has 2 aliphatic rings. The molecule has 0 saturated carbocycles. The molecule has 0 aromatic carbocycles. The van der Waals surface area contributed by atoms with Crippen LogP contribution in [-0.4, -0.2) is 72.5 Å². The number of aryl methyl sites for hydroxylation is 1. The van der Waals surface area contributed by atoms with Crippen LogP contribution in [0, 0.1) is 6.92 Å². The molecule has 0 unspecified atom stereocenters. The van der Waals surface area contributed by atoms with Crippen LogP contribution in [0.2, 0.25) is 0 Å². The van der Waals surface area contributed by atoms with Gasteiger partial charge in [-0.2, -0.15) is 0 Å². The summed E-state index contributed by atoms with van der Waals surface area (Å²) in [5.74, 6) is 2.32. The van der Waals surface area contributed by atoms with Gasteiger partial charge in [-0.3, -0.25) is 0 Å². The average molecular weight is 306 g/mol. The molecule has 1 aromatic rings. The molecular weight excluding hydrogens is 280 g/mol. The van der Waals surface area contributed by atoms with E-state index in [0.717, 1.165) is 63.3 Å². The van der Waals surface area contributed by atoms with Crippen LogP contribution in [0.4, 0.5) is 5.82 Å². The van der Waals surface area contributed by atoms with Crippen molar-refractivity contribution in [2.24, 2.45) is 0 Å². The van der Waals surface area contributed by atoms with Gasteiger partial charge in [0.2, 0.25) is 0 Å². The highest BCUT2D eigenvalue weighted by molar-refractivity contribution is 5.41. The van der Waals surface area contributed by atoms with E-state index in [4.69, 9.17) is 9.84 Å². The molecule has 1 N–H and O–H groups in total. The molecule has 6 heteroatoms. The maximum absolute atomic E-state index is 9.15. The van der Waals surface area contributed by atoms with E-state index in [2.05, 4.69) is 25.8 Å². The Morgan fingerprint density at radius 1 is 1.27 bits per heavy atom. The fraction of sp³-hybridized carbons (Fsp3) is 0.750. The smallest absolute Gasteiger partial charge is 0.132 e. The maximum atomic E-state index is 9.15. The third-order valence-electron chi connectivity index (χ3n) is 4.52. The highest BCUT2D eigenvalue weighted by atomic mass is 16.5. The van der Waals surface area contributed by atoms with Crippen LogP contribution in [0.1, 0.15) is 30.3 Å². The van der Waals surface area contributed by atoms with Gasteiger partial charge in [-0.15, -0.1) is 0 Å². The highest BCUT2D eigenvalue weighted by Crippen LogP contribution is 2.27. The molecule has 3 rings (SSSR count). The van der Waals surface area contributed by atoms with Crippen molar-refractivity contribution in [3.63, 3.8) is 0 Å². The van der Waals surface area contributed by atoms with Crippen molar-refractivity contribution >= 4 is 5.82 Å². The largest absolute Gasteiger partial charge is 0.395 e. The van der Waals surface area contributed by atoms with Gasteiger partial charge in [-0.05, 0) is 26.3 Å². The van der Waals surface area contributed by atoms with Crippen molar-refractivity contribution in [1.82, 2.24) is 14.9 Å². The topological polar surface area (TPSA) is 61.7 Å². The number of morpholine rings is 1. The van der Waals surface area contributed by atoms with Crippen LogP contribution in [0.25, 0.3) is 0 Å².